The molecule has 4 aliphatic rings. The van der Waals surface area contributed by atoms with E-state index in [0.717, 1.165) is 6.54 Å². The smallest absolute Gasteiger partial charge is 0.114 e. The van der Waals surface area contributed by atoms with Gasteiger partial charge in [0.05, 0.1) is 6.04 Å². The Morgan fingerprint density at radius 1 is 1.26 bits per heavy atom. The first kappa shape index (κ1) is 11.2. The quantitative estimate of drug-likeness (QED) is 0.702. The van der Waals surface area contributed by atoms with E-state index >= 15 is 0 Å². The molecule has 0 N–H and O–H groups in total. The summed E-state index contributed by atoms with van der Waals surface area (Å²) in [5, 5.41) is 11.3. The van der Waals surface area contributed by atoms with E-state index in [1.807, 2.05) is 0 Å². The molecule has 0 aromatic heterocycles. The van der Waals surface area contributed by atoms with E-state index in [1.54, 1.807) is 0 Å². The van der Waals surface area contributed by atoms with Crippen LogP contribution in [0.3, 0.4) is 0 Å². The summed E-state index contributed by atoms with van der Waals surface area (Å²) in [5.41, 5.74) is 4.33. The maximum Gasteiger partial charge on any atom is 0.114 e. The van der Waals surface area contributed by atoms with Crippen LogP contribution in [0.5, 0.6) is 0 Å². The van der Waals surface area contributed by atoms with Crippen LogP contribution in [0, 0.1) is 0 Å². The summed E-state index contributed by atoms with van der Waals surface area (Å²) in [6.45, 7) is 7.63. The second-order valence-electron chi connectivity index (χ2n) is 6.11. The summed E-state index contributed by atoms with van der Waals surface area (Å²) in [4.78, 5) is 0. The Hall–Kier alpha value is -1.64. The van der Waals surface area contributed by atoms with Crippen LogP contribution in [0.1, 0.15) is 43.7 Å². The fourth-order valence-electron chi connectivity index (χ4n) is 4.27. The summed E-state index contributed by atoms with van der Waals surface area (Å²) in [6.07, 6.45) is 2.42. The van der Waals surface area contributed by atoms with Gasteiger partial charge >= 0.3 is 0 Å². The number of rotatable bonds is 1. The third kappa shape index (κ3) is 1.18. The predicted octanol–water partition coefficient (Wildman–Crippen LogP) is 3.66. The first-order chi connectivity index (χ1) is 9.16. The summed E-state index contributed by atoms with van der Waals surface area (Å²) >= 11 is 0. The zero-order valence-electron chi connectivity index (χ0n) is 11.7. The maximum absolute atomic E-state index is 4.66. The van der Waals surface area contributed by atoms with Crippen molar-refractivity contribution in [3.63, 3.8) is 0 Å². The number of benzene rings is 1. The van der Waals surface area contributed by atoms with Crippen molar-refractivity contribution >= 4 is 0 Å². The monoisotopic (exact) mass is 253 g/mol. The van der Waals surface area contributed by atoms with Gasteiger partial charge in [-0.05, 0) is 31.9 Å². The van der Waals surface area contributed by atoms with Crippen molar-refractivity contribution in [3.8, 4) is 0 Å². The normalized spacial score (nSPS) is 38.2. The molecule has 0 saturated heterocycles. The lowest BCUT2D eigenvalue weighted by molar-refractivity contribution is 0.146. The van der Waals surface area contributed by atoms with Crippen molar-refractivity contribution in [2.45, 2.75) is 44.2 Å². The van der Waals surface area contributed by atoms with Gasteiger partial charge in [-0.1, -0.05) is 41.1 Å². The van der Waals surface area contributed by atoms with Crippen LogP contribution in [-0.2, 0) is 0 Å². The molecule has 4 atom stereocenters. The Labute approximate surface area is 114 Å². The van der Waals surface area contributed by atoms with Crippen molar-refractivity contribution in [2.75, 3.05) is 6.54 Å². The Morgan fingerprint density at radius 2 is 2.00 bits per heavy atom. The molecule has 0 amide bonds. The molecule has 19 heavy (non-hydrogen) atoms. The van der Waals surface area contributed by atoms with Gasteiger partial charge in [0.1, 0.15) is 5.54 Å². The second kappa shape index (κ2) is 3.47. The van der Waals surface area contributed by atoms with E-state index in [0.29, 0.717) is 17.9 Å². The van der Waals surface area contributed by atoms with E-state index in [1.165, 1.54) is 16.7 Å². The second-order valence-corrected chi connectivity index (χ2v) is 6.11. The molecule has 98 valence electrons. The third-order valence-electron chi connectivity index (χ3n) is 5.15. The molecule has 0 radical (unpaired) electrons. The average Bonchev–Trinajstić information content (AvgIpc) is 2.78. The molecule has 1 aromatic carbocycles. The summed E-state index contributed by atoms with van der Waals surface area (Å²) in [5.74, 6) is 0.820. The lowest BCUT2D eigenvalue weighted by atomic mass is 9.57. The zero-order chi connectivity index (χ0) is 13.2. The first-order valence-corrected chi connectivity index (χ1v) is 7.13. The van der Waals surface area contributed by atoms with Gasteiger partial charge in [-0.25, -0.2) is 0 Å². The minimum atomic E-state index is -0.0888. The van der Waals surface area contributed by atoms with E-state index in [-0.39, 0.29) is 5.54 Å². The minimum absolute atomic E-state index is 0.0888. The van der Waals surface area contributed by atoms with Crippen LogP contribution >= 0.6 is 0 Å². The third-order valence-corrected chi connectivity index (χ3v) is 5.15. The van der Waals surface area contributed by atoms with Crippen LogP contribution in [-0.4, -0.2) is 23.1 Å². The number of nitrogens with zero attached hydrogens (tertiary/aromatic N) is 3. The van der Waals surface area contributed by atoms with E-state index < -0.39 is 0 Å². The van der Waals surface area contributed by atoms with E-state index in [2.05, 4.69) is 66.5 Å². The molecule has 3 aliphatic carbocycles. The molecule has 1 heterocycles. The van der Waals surface area contributed by atoms with Crippen LogP contribution in [0.25, 0.3) is 0 Å². The van der Waals surface area contributed by atoms with Crippen molar-refractivity contribution in [1.82, 2.24) is 5.01 Å². The van der Waals surface area contributed by atoms with Crippen molar-refractivity contribution in [1.29, 1.82) is 0 Å². The summed E-state index contributed by atoms with van der Waals surface area (Å²) in [7, 11) is 0. The highest BCUT2D eigenvalue weighted by molar-refractivity contribution is 5.53. The van der Waals surface area contributed by atoms with Gasteiger partial charge in [-0.2, -0.15) is 5.11 Å². The van der Waals surface area contributed by atoms with Gasteiger partial charge in [0.15, 0.2) is 0 Å². The van der Waals surface area contributed by atoms with Crippen LogP contribution in [0.4, 0.5) is 0 Å². The highest BCUT2D eigenvalue weighted by atomic mass is 15.6. The number of hydrogen-bond donors (Lipinski definition) is 0. The molecule has 4 unspecified atom stereocenters. The first-order valence-electron chi connectivity index (χ1n) is 7.13. The lowest BCUT2D eigenvalue weighted by Crippen LogP contribution is -2.55. The fourth-order valence-corrected chi connectivity index (χ4v) is 4.27. The highest BCUT2D eigenvalue weighted by Crippen LogP contribution is 2.58. The molecular weight excluding hydrogens is 234 g/mol. The van der Waals surface area contributed by atoms with E-state index in [4.69, 9.17) is 0 Å². The van der Waals surface area contributed by atoms with Gasteiger partial charge in [0.2, 0.25) is 0 Å². The number of likely N-dealkylation sites (N-methyl/N-ethyl adjacent to an activating group) is 1. The van der Waals surface area contributed by atoms with Gasteiger partial charge in [-0.15, -0.1) is 0 Å². The molecule has 1 aromatic rings. The van der Waals surface area contributed by atoms with Gasteiger partial charge in [0.25, 0.3) is 0 Å². The summed E-state index contributed by atoms with van der Waals surface area (Å²) in [6, 6.07) is 9.24. The van der Waals surface area contributed by atoms with Crippen molar-refractivity contribution in [3.05, 3.63) is 47.0 Å². The maximum atomic E-state index is 4.66. The largest absolute Gasteiger partial charge is 0.273 e. The van der Waals surface area contributed by atoms with Crippen molar-refractivity contribution < 1.29 is 0 Å². The molecule has 0 fully saturated rings. The minimum Gasteiger partial charge on any atom is -0.273 e. The highest BCUT2D eigenvalue weighted by Gasteiger charge is 2.58. The van der Waals surface area contributed by atoms with Crippen LogP contribution in [0.2, 0.25) is 0 Å². The van der Waals surface area contributed by atoms with Crippen LogP contribution < -0.4 is 0 Å². The standard InChI is InChI=1S/C16H19N3/c1-4-19-15-14-10(2)9-13(16(15,3)17-18-19)11-7-5-6-8-12(11)14/h5-9,13-15H,4H2,1-3H3. The summed E-state index contributed by atoms with van der Waals surface area (Å²) < 4.78 is 0. The molecule has 3 nitrogen and oxygen atoms in total. The van der Waals surface area contributed by atoms with Gasteiger partial charge in [-0.3, -0.25) is 5.01 Å². The Morgan fingerprint density at radius 3 is 2.74 bits per heavy atom. The Balaban J connectivity index is 1.97. The average molecular weight is 253 g/mol. The fraction of sp³-hybridized carbons (Fsp3) is 0.500. The molecule has 2 bridgehead atoms. The van der Waals surface area contributed by atoms with Crippen LogP contribution in [0.15, 0.2) is 46.3 Å². The molecular formula is C16H19N3. The molecule has 0 saturated carbocycles. The SMILES string of the molecule is CCN1N=NC2(C)C3C=C(C)C(c4ccccc43)C12. The lowest BCUT2D eigenvalue weighted by Gasteiger charge is -2.51. The topological polar surface area (TPSA) is 28.0 Å². The number of hydrogen-bond acceptors (Lipinski definition) is 3. The van der Waals surface area contributed by atoms with Gasteiger partial charge in [0, 0.05) is 18.4 Å². The molecule has 3 heteroatoms. The molecule has 0 spiro atoms. The van der Waals surface area contributed by atoms with Gasteiger partial charge < -0.3 is 0 Å². The Bertz CT molecular complexity index is 604. The van der Waals surface area contributed by atoms with Crippen molar-refractivity contribution in [2.24, 2.45) is 10.3 Å². The molecule has 1 aliphatic heterocycles. The van der Waals surface area contributed by atoms with E-state index in [9.17, 15) is 0 Å². The zero-order valence-corrected chi connectivity index (χ0v) is 11.7. The predicted molar refractivity (Wildman–Crippen MR) is 75.1 cm³/mol. The Kier molecular flexibility index (Phi) is 2.05. The molecule has 5 rings (SSSR count).